The van der Waals surface area contributed by atoms with E-state index in [1.165, 1.54) is 76.2 Å². The van der Waals surface area contributed by atoms with Crippen LogP contribution in [-0.2, 0) is 0 Å². The molecule has 0 heterocycles. The van der Waals surface area contributed by atoms with Gasteiger partial charge in [-0.2, -0.15) is 0 Å². The number of hydrogen-bond donors (Lipinski definition) is 0. The van der Waals surface area contributed by atoms with Crippen molar-refractivity contribution in [3.8, 4) is 11.8 Å². The van der Waals surface area contributed by atoms with Gasteiger partial charge in [0, 0.05) is 5.56 Å². The molecular weight excluding hydrogens is 324 g/mol. The molecule has 0 nitrogen and oxygen atoms in total. The standard InChI is InChI=1S/C27H38/c1-3-7-23-14-18-26(19-15-23)27-20-16-25(17-21-27)9-6-5-8-24-12-10-22(4-2)11-13-24/h5,8,16-17,20-24,26H,3-4,7,10-15,18-19H2,1-2H3/t22-,23-,24-,26-. The monoisotopic (exact) mass is 362 g/mol. The van der Waals surface area contributed by atoms with Crippen LogP contribution in [0.1, 0.15) is 102 Å². The highest BCUT2D eigenvalue weighted by atomic mass is 14.3. The zero-order valence-corrected chi connectivity index (χ0v) is 17.6. The van der Waals surface area contributed by atoms with E-state index in [0.717, 1.165) is 29.2 Å². The number of rotatable bonds is 5. The summed E-state index contributed by atoms with van der Waals surface area (Å²) in [6.45, 7) is 4.65. The number of hydrogen-bond acceptors (Lipinski definition) is 0. The Morgan fingerprint density at radius 2 is 1.52 bits per heavy atom. The molecule has 0 saturated heterocycles. The van der Waals surface area contributed by atoms with Gasteiger partial charge in [0.25, 0.3) is 0 Å². The van der Waals surface area contributed by atoms with Crippen LogP contribution in [0.15, 0.2) is 36.4 Å². The summed E-state index contributed by atoms with van der Waals surface area (Å²) in [5.74, 6) is 10.1. The Morgan fingerprint density at radius 3 is 2.15 bits per heavy atom. The molecule has 1 aromatic carbocycles. The molecule has 0 aliphatic heterocycles. The first-order valence-corrected chi connectivity index (χ1v) is 11.6. The minimum Gasteiger partial charge on any atom is -0.0730 e. The van der Waals surface area contributed by atoms with Crippen LogP contribution in [0.3, 0.4) is 0 Å². The van der Waals surface area contributed by atoms with Gasteiger partial charge in [-0.05, 0) is 98.8 Å². The van der Waals surface area contributed by atoms with Gasteiger partial charge in [-0.3, -0.25) is 0 Å². The average molecular weight is 363 g/mol. The molecule has 2 aliphatic rings. The van der Waals surface area contributed by atoms with E-state index in [4.69, 9.17) is 0 Å². The van der Waals surface area contributed by atoms with E-state index in [1.807, 2.05) is 0 Å². The molecule has 0 aromatic heterocycles. The highest BCUT2D eigenvalue weighted by Crippen LogP contribution is 2.37. The Labute approximate surface area is 167 Å². The van der Waals surface area contributed by atoms with Gasteiger partial charge < -0.3 is 0 Å². The van der Waals surface area contributed by atoms with E-state index in [1.54, 1.807) is 0 Å². The SMILES string of the molecule is CCC[C@H]1CC[C@H](c2ccc(C#CC=C[C@H]3CC[C@H](CC)CC3)cc2)CC1. The molecule has 0 N–H and O–H groups in total. The van der Waals surface area contributed by atoms with Gasteiger partial charge in [-0.15, -0.1) is 0 Å². The Morgan fingerprint density at radius 1 is 0.852 bits per heavy atom. The Kier molecular flexibility index (Phi) is 8.07. The van der Waals surface area contributed by atoms with Crippen molar-refractivity contribution < 1.29 is 0 Å². The van der Waals surface area contributed by atoms with Crippen molar-refractivity contribution in [2.45, 2.75) is 90.4 Å². The summed E-state index contributed by atoms with van der Waals surface area (Å²) >= 11 is 0. The maximum atomic E-state index is 3.32. The maximum absolute atomic E-state index is 3.32. The van der Waals surface area contributed by atoms with Crippen LogP contribution >= 0.6 is 0 Å². The third-order valence-electron chi connectivity index (χ3n) is 7.06. The highest BCUT2D eigenvalue weighted by Gasteiger charge is 2.21. The van der Waals surface area contributed by atoms with Crippen molar-refractivity contribution in [2.24, 2.45) is 17.8 Å². The predicted octanol–water partition coefficient (Wildman–Crippen LogP) is 7.88. The minimum absolute atomic E-state index is 0.757. The topological polar surface area (TPSA) is 0 Å². The third-order valence-corrected chi connectivity index (χ3v) is 7.06. The van der Waals surface area contributed by atoms with E-state index in [-0.39, 0.29) is 0 Å². The Hall–Kier alpha value is -1.48. The van der Waals surface area contributed by atoms with Crippen molar-refractivity contribution in [3.05, 3.63) is 47.5 Å². The van der Waals surface area contributed by atoms with Crippen molar-refractivity contribution >= 4 is 0 Å². The summed E-state index contributed by atoms with van der Waals surface area (Å²) in [6.07, 6.45) is 19.7. The molecule has 27 heavy (non-hydrogen) atoms. The quantitative estimate of drug-likeness (QED) is 0.467. The second-order valence-corrected chi connectivity index (χ2v) is 8.95. The molecule has 146 valence electrons. The molecule has 0 atom stereocenters. The van der Waals surface area contributed by atoms with Gasteiger partial charge in [0.2, 0.25) is 0 Å². The predicted molar refractivity (Wildman–Crippen MR) is 118 cm³/mol. The van der Waals surface area contributed by atoms with Crippen LogP contribution in [0, 0.1) is 29.6 Å². The Bertz CT molecular complexity index is 623. The second-order valence-electron chi connectivity index (χ2n) is 8.95. The molecule has 2 saturated carbocycles. The van der Waals surface area contributed by atoms with E-state index in [2.05, 4.69) is 62.1 Å². The van der Waals surface area contributed by atoms with E-state index >= 15 is 0 Å². The van der Waals surface area contributed by atoms with Gasteiger partial charge in [-0.25, -0.2) is 0 Å². The van der Waals surface area contributed by atoms with Crippen LogP contribution in [-0.4, -0.2) is 0 Å². The van der Waals surface area contributed by atoms with Gasteiger partial charge in [0.15, 0.2) is 0 Å². The van der Waals surface area contributed by atoms with Gasteiger partial charge >= 0.3 is 0 Å². The van der Waals surface area contributed by atoms with Crippen molar-refractivity contribution in [3.63, 3.8) is 0 Å². The van der Waals surface area contributed by atoms with Crippen LogP contribution < -0.4 is 0 Å². The fourth-order valence-corrected chi connectivity index (χ4v) is 5.13. The summed E-state index contributed by atoms with van der Waals surface area (Å²) in [7, 11) is 0. The van der Waals surface area contributed by atoms with E-state index in [9.17, 15) is 0 Å². The van der Waals surface area contributed by atoms with Crippen molar-refractivity contribution in [1.82, 2.24) is 0 Å². The highest BCUT2D eigenvalue weighted by molar-refractivity contribution is 5.39. The van der Waals surface area contributed by atoms with Crippen molar-refractivity contribution in [2.75, 3.05) is 0 Å². The van der Waals surface area contributed by atoms with Crippen molar-refractivity contribution in [1.29, 1.82) is 0 Å². The fraction of sp³-hybridized carbons (Fsp3) is 0.630. The molecule has 0 unspecified atom stereocenters. The molecule has 2 aliphatic carbocycles. The van der Waals surface area contributed by atoms with Gasteiger partial charge in [0.1, 0.15) is 0 Å². The van der Waals surface area contributed by atoms with Crippen LogP contribution in [0.4, 0.5) is 0 Å². The minimum atomic E-state index is 0.757. The summed E-state index contributed by atoms with van der Waals surface area (Å²) in [4.78, 5) is 0. The normalized spacial score (nSPS) is 28.7. The van der Waals surface area contributed by atoms with Crippen LogP contribution in [0.25, 0.3) is 0 Å². The zero-order valence-electron chi connectivity index (χ0n) is 17.6. The second kappa shape index (κ2) is 10.8. The smallest absolute Gasteiger partial charge is 0.0249 e. The molecule has 0 heteroatoms. The van der Waals surface area contributed by atoms with Crippen LogP contribution in [0.2, 0.25) is 0 Å². The lowest BCUT2D eigenvalue weighted by atomic mass is 9.77. The largest absolute Gasteiger partial charge is 0.0730 e. The average Bonchev–Trinajstić information content (AvgIpc) is 2.73. The lowest BCUT2D eigenvalue weighted by Crippen LogP contribution is -2.13. The number of allylic oxidation sites excluding steroid dienone is 2. The Balaban J connectivity index is 1.46. The number of benzene rings is 1. The summed E-state index contributed by atoms with van der Waals surface area (Å²) < 4.78 is 0. The van der Waals surface area contributed by atoms with E-state index < -0.39 is 0 Å². The lowest BCUT2D eigenvalue weighted by molar-refractivity contribution is 0.304. The first-order valence-electron chi connectivity index (χ1n) is 11.6. The molecule has 0 radical (unpaired) electrons. The summed E-state index contributed by atoms with van der Waals surface area (Å²) in [5.41, 5.74) is 2.68. The van der Waals surface area contributed by atoms with Gasteiger partial charge in [-0.1, -0.05) is 63.2 Å². The fourth-order valence-electron chi connectivity index (χ4n) is 5.13. The lowest BCUT2D eigenvalue weighted by Gasteiger charge is -2.28. The maximum Gasteiger partial charge on any atom is 0.0249 e. The molecular formula is C27H38. The summed E-state index contributed by atoms with van der Waals surface area (Å²) in [5, 5.41) is 0. The molecule has 1 aromatic rings. The third kappa shape index (κ3) is 6.27. The zero-order chi connectivity index (χ0) is 18.9. The molecule has 0 amide bonds. The molecule has 0 spiro atoms. The molecule has 3 rings (SSSR count). The van der Waals surface area contributed by atoms with E-state index in [0.29, 0.717) is 0 Å². The summed E-state index contributed by atoms with van der Waals surface area (Å²) in [6, 6.07) is 9.09. The van der Waals surface area contributed by atoms with Gasteiger partial charge in [0.05, 0.1) is 0 Å². The molecule has 0 bridgehead atoms. The first kappa shape index (κ1) is 20.3. The molecule has 2 fully saturated rings. The first-order chi connectivity index (χ1) is 13.3. The van der Waals surface area contributed by atoms with Crippen LogP contribution in [0.5, 0.6) is 0 Å².